The van der Waals surface area contributed by atoms with Crippen LogP contribution >= 0.6 is 11.6 Å². The molecule has 1 aliphatic rings. The third-order valence-electron chi connectivity index (χ3n) is 2.58. The van der Waals surface area contributed by atoms with E-state index in [1.807, 2.05) is 12.1 Å². The Morgan fingerprint density at radius 1 is 1.43 bits per heavy atom. The van der Waals surface area contributed by atoms with E-state index in [4.69, 9.17) is 16.3 Å². The second kappa shape index (κ2) is 4.22. The summed E-state index contributed by atoms with van der Waals surface area (Å²) in [6, 6.07) is 6.16. The fourth-order valence-corrected chi connectivity index (χ4v) is 1.54. The van der Waals surface area contributed by atoms with Crippen molar-refractivity contribution >= 4 is 11.6 Å². The first-order chi connectivity index (χ1) is 6.79. The summed E-state index contributed by atoms with van der Waals surface area (Å²) in [6.07, 6.45) is 2.66. The number of benzene rings is 1. The summed E-state index contributed by atoms with van der Waals surface area (Å²) in [4.78, 5) is 0. The molecule has 1 aromatic rings. The topological polar surface area (TPSA) is 9.23 Å². The average Bonchev–Trinajstić information content (AvgIpc) is 3.00. The molecule has 0 amide bonds. The van der Waals surface area contributed by atoms with Crippen molar-refractivity contribution in [2.45, 2.75) is 25.6 Å². The highest BCUT2D eigenvalue weighted by molar-refractivity contribution is 6.17. The molecule has 76 valence electrons. The van der Waals surface area contributed by atoms with Gasteiger partial charge in [0.1, 0.15) is 5.75 Å². The molecule has 0 N–H and O–H groups in total. The van der Waals surface area contributed by atoms with Crippen LogP contribution in [-0.2, 0) is 5.88 Å². The second-order valence-corrected chi connectivity index (χ2v) is 4.26. The second-order valence-electron chi connectivity index (χ2n) is 3.99. The van der Waals surface area contributed by atoms with E-state index in [-0.39, 0.29) is 0 Å². The summed E-state index contributed by atoms with van der Waals surface area (Å²) in [6.45, 7) is 2.94. The Hall–Kier alpha value is -0.690. The lowest BCUT2D eigenvalue weighted by Crippen LogP contribution is -2.00. The molecular weight excluding hydrogens is 196 g/mol. The summed E-state index contributed by atoms with van der Waals surface area (Å²) in [5, 5.41) is 0. The molecule has 2 heteroatoms. The highest BCUT2D eigenvalue weighted by Crippen LogP contribution is 2.30. The highest BCUT2D eigenvalue weighted by atomic mass is 35.5. The highest BCUT2D eigenvalue weighted by Gasteiger charge is 2.22. The Balaban J connectivity index is 2.04. The van der Waals surface area contributed by atoms with Crippen LogP contribution in [0.2, 0.25) is 0 Å². The number of halogens is 1. The van der Waals surface area contributed by atoms with Crippen molar-refractivity contribution in [1.82, 2.24) is 0 Å². The number of hydrogen-bond donors (Lipinski definition) is 0. The molecule has 14 heavy (non-hydrogen) atoms. The van der Waals surface area contributed by atoms with Gasteiger partial charge in [-0.1, -0.05) is 12.1 Å². The Labute approximate surface area is 90.0 Å². The molecule has 2 rings (SSSR count). The first kappa shape index (κ1) is 9.85. The van der Waals surface area contributed by atoms with Crippen molar-refractivity contribution < 1.29 is 4.74 Å². The smallest absolute Gasteiger partial charge is 0.122 e. The Morgan fingerprint density at radius 2 is 2.21 bits per heavy atom. The third-order valence-corrected chi connectivity index (χ3v) is 2.89. The molecule has 0 heterocycles. The zero-order valence-corrected chi connectivity index (χ0v) is 9.18. The monoisotopic (exact) mass is 210 g/mol. The molecule has 0 spiro atoms. The lowest BCUT2D eigenvalue weighted by atomic mass is 10.1. The number of rotatable bonds is 4. The Bertz CT molecular complexity index is 318. The zero-order chi connectivity index (χ0) is 9.97. The van der Waals surface area contributed by atoms with Crippen LogP contribution in [0, 0.1) is 12.8 Å². The van der Waals surface area contributed by atoms with E-state index in [2.05, 4.69) is 13.0 Å². The number of aryl methyl sites for hydroxylation is 1. The maximum absolute atomic E-state index is 5.77. The minimum atomic E-state index is 0.556. The fourth-order valence-electron chi connectivity index (χ4n) is 1.38. The lowest BCUT2D eigenvalue weighted by Gasteiger charge is -2.09. The van der Waals surface area contributed by atoms with Crippen LogP contribution in [0.15, 0.2) is 18.2 Å². The first-order valence-corrected chi connectivity index (χ1v) is 5.61. The van der Waals surface area contributed by atoms with Gasteiger partial charge in [-0.2, -0.15) is 0 Å². The first-order valence-electron chi connectivity index (χ1n) is 5.08. The van der Waals surface area contributed by atoms with Gasteiger partial charge in [0.25, 0.3) is 0 Å². The molecule has 1 fully saturated rings. The molecule has 0 bridgehead atoms. The van der Waals surface area contributed by atoms with Crippen molar-refractivity contribution in [3.05, 3.63) is 29.3 Å². The van der Waals surface area contributed by atoms with Crippen molar-refractivity contribution in [2.75, 3.05) is 6.61 Å². The molecule has 0 atom stereocenters. The van der Waals surface area contributed by atoms with Crippen LogP contribution in [-0.4, -0.2) is 6.61 Å². The normalized spacial score (nSPS) is 15.6. The molecule has 1 saturated carbocycles. The van der Waals surface area contributed by atoms with Crippen molar-refractivity contribution in [1.29, 1.82) is 0 Å². The molecule has 0 aromatic heterocycles. The maximum Gasteiger partial charge on any atom is 0.122 e. The predicted octanol–water partition coefficient (Wildman–Crippen LogP) is 3.52. The van der Waals surface area contributed by atoms with Gasteiger partial charge < -0.3 is 4.74 Å². The van der Waals surface area contributed by atoms with Crippen molar-refractivity contribution in [2.24, 2.45) is 5.92 Å². The van der Waals surface area contributed by atoms with Gasteiger partial charge >= 0.3 is 0 Å². The van der Waals surface area contributed by atoms with E-state index in [9.17, 15) is 0 Å². The molecule has 0 unspecified atom stereocenters. The van der Waals surface area contributed by atoms with E-state index >= 15 is 0 Å². The average molecular weight is 211 g/mol. The molecule has 1 aromatic carbocycles. The third kappa shape index (κ3) is 2.42. The summed E-state index contributed by atoms with van der Waals surface area (Å²) < 4.78 is 5.74. The van der Waals surface area contributed by atoms with Crippen molar-refractivity contribution in [3.63, 3.8) is 0 Å². The molecule has 0 saturated heterocycles. The van der Waals surface area contributed by atoms with E-state index < -0.39 is 0 Å². The van der Waals surface area contributed by atoms with Gasteiger partial charge in [-0.25, -0.2) is 0 Å². The fraction of sp³-hybridized carbons (Fsp3) is 0.500. The van der Waals surface area contributed by atoms with Gasteiger partial charge in [0, 0.05) is 5.88 Å². The quantitative estimate of drug-likeness (QED) is 0.691. The minimum absolute atomic E-state index is 0.556. The van der Waals surface area contributed by atoms with Gasteiger partial charge in [0.2, 0.25) is 0 Å². The van der Waals surface area contributed by atoms with Crippen LogP contribution in [0.3, 0.4) is 0 Å². The van der Waals surface area contributed by atoms with Crippen LogP contribution in [0.1, 0.15) is 24.0 Å². The van der Waals surface area contributed by atoms with Crippen LogP contribution in [0.4, 0.5) is 0 Å². The molecule has 1 aliphatic carbocycles. The van der Waals surface area contributed by atoms with Gasteiger partial charge in [0.05, 0.1) is 6.61 Å². The van der Waals surface area contributed by atoms with Crippen LogP contribution in [0.25, 0.3) is 0 Å². The minimum Gasteiger partial charge on any atom is -0.493 e. The van der Waals surface area contributed by atoms with Crippen LogP contribution in [0.5, 0.6) is 5.75 Å². The molecule has 1 nitrogen and oxygen atoms in total. The van der Waals surface area contributed by atoms with E-state index in [0.29, 0.717) is 5.88 Å². The number of hydrogen-bond acceptors (Lipinski definition) is 1. The van der Waals surface area contributed by atoms with Crippen molar-refractivity contribution in [3.8, 4) is 5.75 Å². The Morgan fingerprint density at radius 3 is 2.86 bits per heavy atom. The van der Waals surface area contributed by atoms with E-state index in [1.165, 1.54) is 18.4 Å². The Kier molecular flexibility index (Phi) is 2.97. The largest absolute Gasteiger partial charge is 0.493 e. The van der Waals surface area contributed by atoms with Crippen LogP contribution < -0.4 is 4.74 Å². The van der Waals surface area contributed by atoms with Gasteiger partial charge in [-0.3, -0.25) is 0 Å². The summed E-state index contributed by atoms with van der Waals surface area (Å²) in [5.74, 6) is 2.35. The zero-order valence-electron chi connectivity index (χ0n) is 8.42. The molecular formula is C12H15ClO. The van der Waals surface area contributed by atoms with E-state index in [0.717, 1.165) is 23.8 Å². The van der Waals surface area contributed by atoms with Gasteiger partial charge in [-0.15, -0.1) is 11.6 Å². The lowest BCUT2D eigenvalue weighted by molar-refractivity contribution is 0.297. The summed E-state index contributed by atoms with van der Waals surface area (Å²) in [7, 11) is 0. The summed E-state index contributed by atoms with van der Waals surface area (Å²) >= 11 is 5.77. The number of ether oxygens (including phenoxy) is 1. The molecule has 0 aliphatic heterocycles. The van der Waals surface area contributed by atoms with Gasteiger partial charge in [0.15, 0.2) is 0 Å². The number of alkyl halides is 1. The standard InChI is InChI=1S/C12H15ClO/c1-9-2-3-11(7-13)6-12(9)14-8-10-4-5-10/h2-3,6,10H,4-5,7-8H2,1H3. The SMILES string of the molecule is Cc1ccc(CCl)cc1OCC1CC1. The summed E-state index contributed by atoms with van der Waals surface area (Å²) in [5.41, 5.74) is 2.32. The maximum atomic E-state index is 5.77. The van der Waals surface area contributed by atoms with E-state index in [1.54, 1.807) is 0 Å². The predicted molar refractivity (Wildman–Crippen MR) is 59.0 cm³/mol. The molecule has 0 radical (unpaired) electrons. The van der Waals surface area contributed by atoms with Gasteiger partial charge in [-0.05, 0) is 42.9 Å².